The first-order valence-corrected chi connectivity index (χ1v) is 4.04. The van der Waals surface area contributed by atoms with E-state index < -0.39 is 0 Å². The number of rotatable bonds is 0. The summed E-state index contributed by atoms with van der Waals surface area (Å²) in [6.07, 6.45) is 1.32. The van der Waals surface area contributed by atoms with Gasteiger partial charge in [-0.3, -0.25) is 0 Å². The molecule has 0 spiro atoms. The predicted molar refractivity (Wildman–Crippen MR) is 45.8 cm³/mol. The Morgan fingerprint density at radius 3 is 2.67 bits per heavy atom. The van der Waals surface area contributed by atoms with E-state index in [1.54, 1.807) is 0 Å². The summed E-state index contributed by atoms with van der Waals surface area (Å²) in [7, 11) is 0. The summed E-state index contributed by atoms with van der Waals surface area (Å²) in [6, 6.07) is 0. The number of aromatic nitrogens is 4. The summed E-state index contributed by atoms with van der Waals surface area (Å²) < 4.78 is 1.22. The zero-order valence-electron chi connectivity index (χ0n) is 5.50. The van der Waals surface area contributed by atoms with Crippen molar-refractivity contribution in [2.75, 3.05) is 0 Å². The van der Waals surface area contributed by atoms with Crippen LogP contribution in [0.25, 0.3) is 5.65 Å². The lowest BCUT2D eigenvalue weighted by Gasteiger charge is -1.97. The molecule has 0 unspecified atom stereocenters. The van der Waals surface area contributed by atoms with Crippen LogP contribution in [0.5, 0.6) is 0 Å². The van der Waals surface area contributed by atoms with E-state index in [2.05, 4.69) is 15.2 Å². The number of hydrogen-bond donors (Lipinski definition) is 0. The highest BCUT2D eigenvalue weighted by molar-refractivity contribution is 6.48. The maximum atomic E-state index is 5.79. The Morgan fingerprint density at radius 1 is 1.17 bits per heavy atom. The van der Waals surface area contributed by atoms with Crippen molar-refractivity contribution in [3.8, 4) is 0 Å². The van der Waals surface area contributed by atoms with Crippen molar-refractivity contribution >= 4 is 40.4 Å². The number of nitrogens with zero attached hydrogens (tertiary/aromatic N) is 4. The average Bonchev–Trinajstić information content (AvgIpc) is 2.48. The van der Waals surface area contributed by atoms with Gasteiger partial charge in [-0.15, -0.1) is 14.8 Å². The summed E-state index contributed by atoms with van der Waals surface area (Å²) in [4.78, 5) is 3.83. The van der Waals surface area contributed by atoms with E-state index in [-0.39, 0.29) is 15.2 Å². The lowest BCUT2D eigenvalue weighted by atomic mass is 10.5. The van der Waals surface area contributed by atoms with E-state index in [1.807, 2.05) is 0 Å². The third-order valence-corrected chi connectivity index (χ3v) is 2.47. The maximum absolute atomic E-state index is 5.79. The van der Waals surface area contributed by atoms with Crippen molar-refractivity contribution in [3.05, 3.63) is 21.5 Å². The zero-order valence-corrected chi connectivity index (χ0v) is 7.77. The molecule has 0 fully saturated rings. The molecule has 4 nitrogen and oxygen atoms in total. The Bertz CT molecular complexity index is 437. The van der Waals surface area contributed by atoms with Gasteiger partial charge < -0.3 is 0 Å². The second kappa shape index (κ2) is 2.73. The zero-order chi connectivity index (χ0) is 8.72. The topological polar surface area (TPSA) is 43.1 Å². The van der Waals surface area contributed by atoms with Gasteiger partial charge in [-0.1, -0.05) is 34.8 Å². The molecular formula is C5HCl3N4. The van der Waals surface area contributed by atoms with Crippen LogP contribution in [-0.4, -0.2) is 19.8 Å². The molecule has 0 aliphatic rings. The second-order valence-corrected chi connectivity index (χ2v) is 3.11. The lowest BCUT2D eigenvalue weighted by Crippen LogP contribution is -1.95. The highest BCUT2D eigenvalue weighted by Gasteiger charge is 2.11. The molecule has 2 heterocycles. The van der Waals surface area contributed by atoms with Crippen molar-refractivity contribution < 1.29 is 0 Å². The van der Waals surface area contributed by atoms with Gasteiger partial charge >= 0.3 is 0 Å². The molecule has 2 rings (SSSR count). The molecule has 0 amide bonds. The predicted octanol–water partition coefficient (Wildman–Crippen LogP) is 2.08. The molecule has 0 N–H and O–H groups in total. The molecule has 0 aliphatic carbocycles. The Kier molecular flexibility index (Phi) is 1.83. The van der Waals surface area contributed by atoms with Crippen LogP contribution in [0, 0.1) is 0 Å². The number of hydrogen-bond acceptors (Lipinski definition) is 3. The molecule has 7 heteroatoms. The monoisotopic (exact) mass is 222 g/mol. The van der Waals surface area contributed by atoms with Crippen molar-refractivity contribution in [3.63, 3.8) is 0 Å². The number of fused-ring (bicyclic) bond motifs is 1. The fourth-order valence-corrected chi connectivity index (χ4v) is 1.32. The molecule has 0 bridgehead atoms. The highest BCUT2D eigenvalue weighted by atomic mass is 35.5. The summed E-state index contributed by atoms with van der Waals surface area (Å²) in [5, 5.41) is 8.10. The second-order valence-electron chi connectivity index (χ2n) is 1.99. The molecule has 0 aromatic carbocycles. The van der Waals surface area contributed by atoms with Gasteiger partial charge in [-0.2, -0.15) is 0 Å². The van der Waals surface area contributed by atoms with Crippen LogP contribution in [0.15, 0.2) is 6.33 Å². The molecule has 0 saturated heterocycles. The Balaban J connectivity index is 2.94. The van der Waals surface area contributed by atoms with E-state index >= 15 is 0 Å². The first-order chi connectivity index (χ1) is 5.70. The van der Waals surface area contributed by atoms with Crippen LogP contribution >= 0.6 is 34.8 Å². The van der Waals surface area contributed by atoms with Crippen molar-refractivity contribution in [2.24, 2.45) is 0 Å². The minimum Gasteiger partial charge on any atom is -0.212 e. The van der Waals surface area contributed by atoms with E-state index in [0.717, 1.165) is 0 Å². The average molecular weight is 223 g/mol. The van der Waals surface area contributed by atoms with Gasteiger partial charge in [0.1, 0.15) is 16.4 Å². The van der Waals surface area contributed by atoms with Crippen LogP contribution < -0.4 is 0 Å². The minimum atomic E-state index is 0.111. The van der Waals surface area contributed by atoms with Gasteiger partial charge in [0.05, 0.1) is 0 Å². The summed E-state index contributed by atoms with van der Waals surface area (Å²) in [5.41, 5.74) is 0.395. The van der Waals surface area contributed by atoms with Crippen molar-refractivity contribution in [1.29, 1.82) is 0 Å². The van der Waals surface area contributed by atoms with Gasteiger partial charge in [0.2, 0.25) is 0 Å². The quantitative estimate of drug-likeness (QED) is 0.687. The molecule has 62 valence electrons. The molecule has 12 heavy (non-hydrogen) atoms. The SMILES string of the molecule is Clc1nn2ncnc2c(Cl)c1Cl. The Morgan fingerprint density at radius 2 is 1.92 bits per heavy atom. The van der Waals surface area contributed by atoms with Gasteiger partial charge in [0.25, 0.3) is 0 Å². The van der Waals surface area contributed by atoms with Crippen LogP contribution in [0.4, 0.5) is 0 Å². The Hall–Kier alpha value is -0.580. The van der Waals surface area contributed by atoms with Crippen LogP contribution in [0.3, 0.4) is 0 Å². The molecule has 0 saturated carbocycles. The maximum Gasteiger partial charge on any atom is 0.196 e. The summed E-state index contributed by atoms with van der Waals surface area (Å²) >= 11 is 17.1. The van der Waals surface area contributed by atoms with Gasteiger partial charge in [0, 0.05) is 0 Å². The van der Waals surface area contributed by atoms with E-state index in [0.29, 0.717) is 5.65 Å². The molecule has 2 aromatic heterocycles. The van der Waals surface area contributed by atoms with E-state index in [4.69, 9.17) is 34.8 Å². The first-order valence-electron chi connectivity index (χ1n) is 2.90. The van der Waals surface area contributed by atoms with Gasteiger partial charge in [0.15, 0.2) is 10.8 Å². The largest absolute Gasteiger partial charge is 0.212 e. The standard InChI is InChI=1S/C5HCl3N4/c6-2-3(7)5-9-1-10-12(5)11-4(2)8/h1H. The minimum absolute atomic E-state index is 0.111. The van der Waals surface area contributed by atoms with Crippen molar-refractivity contribution in [2.45, 2.75) is 0 Å². The van der Waals surface area contributed by atoms with E-state index in [1.165, 1.54) is 11.0 Å². The van der Waals surface area contributed by atoms with Gasteiger partial charge in [-0.05, 0) is 0 Å². The smallest absolute Gasteiger partial charge is 0.196 e. The lowest BCUT2D eigenvalue weighted by molar-refractivity contribution is 0.800. The molecule has 2 aromatic rings. The normalized spacial score (nSPS) is 10.9. The summed E-state index contributed by atoms with van der Waals surface area (Å²) in [6.45, 7) is 0. The molecule has 0 atom stereocenters. The third-order valence-electron chi connectivity index (χ3n) is 1.28. The van der Waals surface area contributed by atoms with Crippen LogP contribution in [0.2, 0.25) is 15.2 Å². The molecule has 0 aliphatic heterocycles. The van der Waals surface area contributed by atoms with Crippen molar-refractivity contribution in [1.82, 2.24) is 19.8 Å². The molecular weight excluding hydrogens is 222 g/mol. The first kappa shape index (κ1) is 8.04. The van der Waals surface area contributed by atoms with Crippen LogP contribution in [-0.2, 0) is 0 Å². The van der Waals surface area contributed by atoms with Crippen LogP contribution in [0.1, 0.15) is 0 Å². The fourth-order valence-electron chi connectivity index (χ4n) is 0.769. The summed E-state index contributed by atoms with van der Waals surface area (Å²) in [5.74, 6) is 0. The van der Waals surface area contributed by atoms with Gasteiger partial charge in [-0.25, -0.2) is 4.98 Å². The fraction of sp³-hybridized carbons (Fsp3) is 0. The molecule has 0 radical (unpaired) electrons. The Labute approximate surface area is 82.1 Å². The third kappa shape index (κ3) is 1.03. The number of halogens is 3. The van der Waals surface area contributed by atoms with E-state index in [9.17, 15) is 0 Å². The highest BCUT2D eigenvalue weighted by Crippen LogP contribution is 2.29.